The number of imidazole rings is 1. The predicted octanol–water partition coefficient (Wildman–Crippen LogP) is 4.11. The van der Waals surface area contributed by atoms with Gasteiger partial charge < -0.3 is 23.9 Å². The number of H-pyrrole nitrogens is 1. The molecule has 0 spiro atoms. The van der Waals surface area contributed by atoms with E-state index >= 15 is 0 Å². The SMILES string of the molecule is COc1cc(/C=C/C(=O)OCc2nc3ccc(Br)cc3[nH]2)cc(OC)c1OC. The number of rotatable bonds is 7. The largest absolute Gasteiger partial charge is 0.493 e. The van der Waals surface area contributed by atoms with E-state index in [0.29, 0.717) is 28.6 Å². The third kappa shape index (κ3) is 4.45. The highest BCUT2D eigenvalue weighted by molar-refractivity contribution is 9.10. The van der Waals surface area contributed by atoms with E-state index in [0.717, 1.165) is 15.5 Å². The first-order valence-electron chi connectivity index (χ1n) is 8.33. The van der Waals surface area contributed by atoms with Gasteiger partial charge in [0.15, 0.2) is 11.5 Å². The van der Waals surface area contributed by atoms with Crippen molar-refractivity contribution >= 4 is 39.0 Å². The molecular weight excluding hydrogens is 428 g/mol. The molecule has 0 aliphatic carbocycles. The zero-order valence-corrected chi connectivity index (χ0v) is 17.2. The van der Waals surface area contributed by atoms with Gasteiger partial charge in [-0.05, 0) is 42.0 Å². The van der Waals surface area contributed by atoms with Gasteiger partial charge in [-0.3, -0.25) is 0 Å². The maximum atomic E-state index is 12.0. The number of benzene rings is 2. The van der Waals surface area contributed by atoms with Crippen molar-refractivity contribution in [2.45, 2.75) is 6.61 Å². The Labute approximate surface area is 170 Å². The molecule has 0 fully saturated rings. The van der Waals surface area contributed by atoms with Gasteiger partial charge in [-0.2, -0.15) is 0 Å². The van der Waals surface area contributed by atoms with Gasteiger partial charge in [0, 0.05) is 10.5 Å². The lowest BCUT2D eigenvalue weighted by molar-refractivity contribution is -0.139. The van der Waals surface area contributed by atoms with Crippen LogP contribution in [0.2, 0.25) is 0 Å². The smallest absolute Gasteiger partial charge is 0.331 e. The molecule has 0 aliphatic heterocycles. The second kappa shape index (κ2) is 8.79. The molecule has 0 atom stereocenters. The van der Waals surface area contributed by atoms with Crippen molar-refractivity contribution in [3.63, 3.8) is 0 Å². The second-order valence-corrected chi connectivity index (χ2v) is 6.66. The quantitative estimate of drug-likeness (QED) is 0.434. The third-order valence-corrected chi connectivity index (χ3v) is 4.44. The van der Waals surface area contributed by atoms with Gasteiger partial charge in [-0.1, -0.05) is 15.9 Å². The van der Waals surface area contributed by atoms with Gasteiger partial charge in [0.1, 0.15) is 12.4 Å². The molecule has 146 valence electrons. The normalized spacial score (nSPS) is 11.0. The number of esters is 1. The molecule has 0 radical (unpaired) electrons. The number of hydrogen-bond donors (Lipinski definition) is 1. The van der Waals surface area contributed by atoms with Crippen molar-refractivity contribution in [1.82, 2.24) is 9.97 Å². The number of fused-ring (bicyclic) bond motifs is 1. The van der Waals surface area contributed by atoms with Gasteiger partial charge >= 0.3 is 5.97 Å². The summed E-state index contributed by atoms with van der Waals surface area (Å²) >= 11 is 3.41. The number of carbonyl (C=O) groups is 1. The zero-order chi connectivity index (χ0) is 20.1. The number of hydrogen-bond acceptors (Lipinski definition) is 6. The third-order valence-electron chi connectivity index (χ3n) is 3.94. The summed E-state index contributed by atoms with van der Waals surface area (Å²) in [6, 6.07) is 9.17. The van der Waals surface area contributed by atoms with Gasteiger partial charge in [0.25, 0.3) is 0 Å². The van der Waals surface area contributed by atoms with Gasteiger partial charge in [-0.15, -0.1) is 0 Å². The summed E-state index contributed by atoms with van der Waals surface area (Å²) in [6.45, 7) is 0.0464. The Kier molecular flexibility index (Phi) is 6.20. The molecule has 2 aromatic carbocycles. The van der Waals surface area contributed by atoms with E-state index in [1.54, 1.807) is 18.2 Å². The molecule has 7 nitrogen and oxygen atoms in total. The Morgan fingerprint density at radius 1 is 1.11 bits per heavy atom. The maximum Gasteiger partial charge on any atom is 0.331 e. The first-order valence-corrected chi connectivity index (χ1v) is 9.12. The fourth-order valence-electron chi connectivity index (χ4n) is 2.65. The molecule has 0 saturated carbocycles. The number of carbonyl (C=O) groups excluding carboxylic acids is 1. The average molecular weight is 447 g/mol. The summed E-state index contributed by atoms with van der Waals surface area (Å²) in [6.07, 6.45) is 2.95. The minimum absolute atomic E-state index is 0.0464. The van der Waals surface area contributed by atoms with Crippen LogP contribution >= 0.6 is 15.9 Å². The van der Waals surface area contributed by atoms with Gasteiger partial charge in [0.2, 0.25) is 5.75 Å². The lowest BCUT2D eigenvalue weighted by atomic mass is 10.1. The molecule has 8 heteroatoms. The number of aromatic amines is 1. The minimum atomic E-state index is -0.490. The topological polar surface area (TPSA) is 82.7 Å². The molecule has 0 aliphatic rings. The Morgan fingerprint density at radius 2 is 1.82 bits per heavy atom. The van der Waals surface area contributed by atoms with Crippen LogP contribution in [0, 0.1) is 0 Å². The van der Waals surface area contributed by atoms with Crippen molar-refractivity contribution in [3.8, 4) is 17.2 Å². The highest BCUT2D eigenvalue weighted by Gasteiger charge is 2.12. The summed E-state index contributed by atoms with van der Waals surface area (Å²) in [5, 5.41) is 0. The molecule has 1 heterocycles. The van der Waals surface area contributed by atoms with Crippen LogP contribution in [0.4, 0.5) is 0 Å². The van der Waals surface area contributed by atoms with Crippen LogP contribution in [0.3, 0.4) is 0 Å². The van der Waals surface area contributed by atoms with Crippen LogP contribution in [0.5, 0.6) is 17.2 Å². The highest BCUT2D eigenvalue weighted by atomic mass is 79.9. The number of methoxy groups -OCH3 is 3. The molecule has 0 bridgehead atoms. The van der Waals surface area contributed by atoms with E-state index in [-0.39, 0.29) is 6.61 Å². The Bertz CT molecular complexity index is 1000. The van der Waals surface area contributed by atoms with Crippen LogP contribution in [0.15, 0.2) is 40.9 Å². The summed E-state index contributed by atoms with van der Waals surface area (Å²) in [5.74, 6) is 1.57. The standard InChI is InChI=1S/C20H19BrN2O5/c1-25-16-8-12(9-17(26-2)20(16)27-3)4-7-19(24)28-11-18-22-14-6-5-13(21)10-15(14)23-18/h4-10H,11H2,1-3H3,(H,22,23)/b7-4+. The fourth-order valence-corrected chi connectivity index (χ4v) is 3.01. The number of nitrogens with zero attached hydrogens (tertiary/aromatic N) is 1. The van der Waals surface area contributed by atoms with Crippen LogP contribution in [0.1, 0.15) is 11.4 Å². The molecule has 28 heavy (non-hydrogen) atoms. The predicted molar refractivity (Wildman–Crippen MR) is 109 cm³/mol. The van der Waals surface area contributed by atoms with Crippen LogP contribution in [-0.4, -0.2) is 37.3 Å². The first-order chi connectivity index (χ1) is 13.5. The van der Waals surface area contributed by atoms with E-state index < -0.39 is 5.97 Å². The molecule has 1 N–H and O–H groups in total. The van der Waals surface area contributed by atoms with Crippen molar-refractivity contribution < 1.29 is 23.7 Å². The summed E-state index contributed by atoms with van der Waals surface area (Å²) in [7, 11) is 4.60. The van der Waals surface area contributed by atoms with Crippen LogP contribution < -0.4 is 14.2 Å². The van der Waals surface area contributed by atoms with E-state index in [4.69, 9.17) is 18.9 Å². The summed E-state index contributed by atoms with van der Waals surface area (Å²) in [4.78, 5) is 19.5. The maximum absolute atomic E-state index is 12.0. The molecule has 0 unspecified atom stereocenters. The zero-order valence-electron chi connectivity index (χ0n) is 15.6. The van der Waals surface area contributed by atoms with Crippen molar-refractivity contribution in [2.24, 2.45) is 0 Å². The monoisotopic (exact) mass is 446 g/mol. The fraction of sp³-hybridized carbons (Fsp3) is 0.200. The molecule has 1 aromatic heterocycles. The molecule has 0 saturated heterocycles. The van der Waals surface area contributed by atoms with E-state index in [9.17, 15) is 4.79 Å². The summed E-state index contributed by atoms with van der Waals surface area (Å²) < 4.78 is 22.1. The summed E-state index contributed by atoms with van der Waals surface area (Å²) in [5.41, 5.74) is 2.38. The first kappa shape index (κ1) is 19.8. The number of halogens is 1. The number of nitrogens with one attached hydrogen (secondary N) is 1. The lowest BCUT2D eigenvalue weighted by Gasteiger charge is -2.12. The van der Waals surface area contributed by atoms with Crippen molar-refractivity contribution in [2.75, 3.05) is 21.3 Å². The average Bonchev–Trinajstić information content (AvgIpc) is 3.11. The minimum Gasteiger partial charge on any atom is -0.493 e. The second-order valence-electron chi connectivity index (χ2n) is 5.74. The number of aromatic nitrogens is 2. The highest BCUT2D eigenvalue weighted by Crippen LogP contribution is 2.38. The lowest BCUT2D eigenvalue weighted by Crippen LogP contribution is -2.02. The Balaban J connectivity index is 1.67. The molecule has 3 rings (SSSR count). The molecule has 0 amide bonds. The van der Waals surface area contributed by atoms with Crippen molar-refractivity contribution in [3.05, 3.63) is 52.3 Å². The van der Waals surface area contributed by atoms with Gasteiger partial charge in [-0.25, -0.2) is 9.78 Å². The van der Waals surface area contributed by atoms with Crippen LogP contribution in [-0.2, 0) is 16.1 Å². The Morgan fingerprint density at radius 3 is 2.46 bits per heavy atom. The molecular formula is C20H19BrN2O5. The molecule has 3 aromatic rings. The number of ether oxygens (including phenoxy) is 4. The van der Waals surface area contributed by atoms with E-state index in [2.05, 4.69) is 25.9 Å². The van der Waals surface area contributed by atoms with Gasteiger partial charge in [0.05, 0.1) is 32.4 Å². The Hall–Kier alpha value is -3.00. The van der Waals surface area contributed by atoms with E-state index in [1.165, 1.54) is 27.4 Å². The van der Waals surface area contributed by atoms with E-state index in [1.807, 2.05) is 18.2 Å². The van der Waals surface area contributed by atoms with Crippen LogP contribution in [0.25, 0.3) is 17.1 Å². The van der Waals surface area contributed by atoms with Crippen molar-refractivity contribution in [1.29, 1.82) is 0 Å².